The van der Waals surface area contributed by atoms with Gasteiger partial charge in [0.2, 0.25) is 0 Å². The van der Waals surface area contributed by atoms with E-state index < -0.39 is 5.91 Å². The highest BCUT2D eigenvalue weighted by Gasteiger charge is 2.23. The molecule has 2 heterocycles. The second kappa shape index (κ2) is 6.96. The van der Waals surface area contributed by atoms with Gasteiger partial charge in [-0.15, -0.1) is 0 Å². The Hall–Kier alpha value is -1.83. The average molecular weight is 370 g/mol. The van der Waals surface area contributed by atoms with E-state index in [4.69, 9.17) is 39.4 Å². The van der Waals surface area contributed by atoms with Crippen molar-refractivity contribution in [3.63, 3.8) is 0 Å². The van der Waals surface area contributed by atoms with E-state index in [1.807, 2.05) is 6.07 Å². The molecule has 9 heteroatoms. The number of rotatable bonds is 3. The molecule has 0 aliphatic carbocycles. The third kappa shape index (κ3) is 3.33. The summed E-state index contributed by atoms with van der Waals surface area (Å²) in [6, 6.07) is 3.53. The van der Waals surface area contributed by atoms with Gasteiger partial charge in [0.1, 0.15) is 0 Å². The Kier molecular flexibility index (Phi) is 4.93. The minimum absolute atomic E-state index is 0.0645. The fourth-order valence-corrected chi connectivity index (χ4v) is 3.39. The van der Waals surface area contributed by atoms with Gasteiger partial charge in [-0.25, -0.2) is 4.68 Å². The van der Waals surface area contributed by atoms with Crippen LogP contribution < -0.4 is 11.5 Å². The Morgan fingerprint density at radius 2 is 2.17 bits per heavy atom. The SMILES string of the molecule is NC(N)=NC(=O)Cc1c(Cl)ccc2c1c(Cl)nn2C1CCCCO1. The van der Waals surface area contributed by atoms with E-state index in [0.29, 0.717) is 22.6 Å². The molecule has 1 atom stereocenters. The number of ether oxygens (including phenoxy) is 1. The molecule has 24 heavy (non-hydrogen) atoms. The van der Waals surface area contributed by atoms with E-state index in [9.17, 15) is 4.79 Å². The van der Waals surface area contributed by atoms with Crippen molar-refractivity contribution in [2.75, 3.05) is 6.61 Å². The number of hydrogen-bond donors (Lipinski definition) is 2. The second-order valence-corrected chi connectivity index (χ2v) is 6.35. The lowest BCUT2D eigenvalue weighted by Crippen LogP contribution is -2.24. The van der Waals surface area contributed by atoms with Crippen LogP contribution in [0.15, 0.2) is 17.1 Å². The first-order valence-corrected chi connectivity index (χ1v) is 8.32. The van der Waals surface area contributed by atoms with Gasteiger partial charge in [0, 0.05) is 17.0 Å². The maximum atomic E-state index is 11.9. The number of carbonyl (C=O) groups is 1. The van der Waals surface area contributed by atoms with Gasteiger partial charge >= 0.3 is 0 Å². The Bertz CT molecular complexity index is 808. The van der Waals surface area contributed by atoms with Crippen LogP contribution in [0.25, 0.3) is 10.9 Å². The van der Waals surface area contributed by atoms with Gasteiger partial charge in [-0.3, -0.25) is 4.79 Å². The third-order valence-corrected chi connectivity index (χ3v) is 4.51. The molecule has 0 saturated carbocycles. The van der Waals surface area contributed by atoms with Crippen molar-refractivity contribution in [3.05, 3.63) is 27.9 Å². The molecule has 1 unspecified atom stereocenters. The van der Waals surface area contributed by atoms with Crippen LogP contribution in [-0.2, 0) is 16.0 Å². The average Bonchev–Trinajstić information content (AvgIpc) is 2.87. The van der Waals surface area contributed by atoms with Crippen molar-refractivity contribution in [2.24, 2.45) is 16.5 Å². The maximum absolute atomic E-state index is 11.9. The zero-order valence-electron chi connectivity index (χ0n) is 12.8. The number of aromatic nitrogens is 2. The van der Waals surface area contributed by atoms with Gasteiger partial charge in [0.05, 0.1) is 11.9 Å². The van der Waals surface area contributed by atoms with Gasteiger partial charge in [-0.2, -0.15) is 10.1 Å². The monoisotopic (exact) mass is 369 g/mol. The molecule has 1 aliphatic rings. The Morgan fingerprint density at radius 3 is 2.83 bits per heavy atom. The Labute approximate surface area is 148 Å². The number of amides is 1. The van der Waals surface area contributed by atoms with Crippen LogP contribution in [0.1, 0.15) is 31.1 Å². The molecule has 1 fully saturated rings. The largest absolute Gasteiger partial charge is 0.370 e. The van der Waals surface area contributed by atoms with Crippen LogP contribution in [0.4, 0.5) is 0 Å². The minimum atomic E-state index is -0.498. The number of nitrogens with zero attached hydrogens (tertiary/aromatic N) is 3. The summed E-state index contributed by atoms with van der Waals surface area (Å²) in [6.45, 7) is 0.688. The number of carbonyl (C=O) groups excluding carboxylic acids is 1. The predicted octanol–water partition coefficient (Wildman–Crippen LogP) is 2.38. The van der Waals surface area contributed by atoms with E-state index in [1.165, 1.54) is 0 Å². The number of benzene rings is 1. The van der Waals surface area contributed by atoms with E-state index >= 15 is 0 Å². The Morgan fingerprint density at radius 1 is 1.38 bits per heavy atom. The highest BCUT2D eigenvalue weighted by Crippen LogP contribution is 2.35. The van der Waals surface area contributed by atoms with Crippen LogP contribution in [0.2, 0.25) is 10.2 Å². The van der Waals surface area contributed by atoms with Crippen LogP contribution in [0.5, 0.6) is 0 Å². The summed E-state index contributed by atoms with van der Waals surface area (Å²) >= 11 is 12.6. The quantitative estimate of drug-likeness (QED) is 0.637. The summed E-state index contributed by atoms with van der Waals surface area (Å²) < 4.78 is 7.53. The highest BCUT2D eigenvalue weighted by molar-refractivity contribution is 6.37. The molecule has 1 aliphatic heterocycles. The van der Waals surface area contributed by atoms with Crippen molar-refractivity contribution in [1.29, 1.82) is 0 Å². The topological polar surface area (TPSA) is 109 Å². The number of hydrogen-bond acceptors (Lipinski definition) is 3. The standard InChI is InChI=1S/C15H17Cl2N5O2/c16-9-4-5-10-13(8(9)7-11(23)20-15(18)19)14(17)21-22(10)12-3-1-2-6-24-12/h4-5,12H,1-3,6-7H2,(H4,18,19,20,23). The molecule has 4 N–H and O–H groups in total. The third-order valence-electron chi connectivity index (χ3n) is 3.89. The van der Waals surface area contributed by atoms with Crippen molar-refractivity contribution < 1.29 is 9.53 Å². The molecule has 2 aromatic rings. The number of fused-ring (bicyclic) bond motifs is 1. The molecule has 0 bridgehead atoms. The molecular weight excluding hydrogens is 353 g/mol. The van der Waals surface area contributed by atoms with Crippen molar-refractivity contribution >= 4 is 46.0 Å². The summed E-state index contributed by atoms with van der Waals surface area (Å²) in [5, 5.41) is 5.69. The molecule has 7 nitrogen and oxygen atoms in total. The number of guanidine groups is 1. The molecule has 0 radical (unpaired) electrons. The first kappa shape index (κ1) is 17.0. The zero-order chi connectivity index (χ0) is 17.3. The van der Waals surface area contributed by atoms with Crippen LogP contribution in [-0.4, -0.2) is 28.3 Å². The highest BCUT2D eigenvalue weighted by atomic mass is 35.5. The molecule has 1 aromatic heterocycles. The summed E-state index contributed by atoms with van der Waals surface area (Å²) in [7, 11) is 0. The smallest absolute Gasteiger partial charge is 0.253 e. The number of aliphatic imine (C=N–C) groups is 1. The minimum Gasteiger partial charge on any atom is -0.370 e. The summed E-state index contributed by atoms with van der Waals surface area (Å²) in [5.74, 6) is -0.789. The van der Waals surface area contributed by atoms with Crippen LogP contribution in [0.3, 0.4) is 0 Å². The van der Waals surface area contributed by atoms with Gasteiger partial charge < -0.3 is 16.2 Å². The fourth-order valence-electron chi connectivity index (χ4n) is 2.87. The predicted molar refractivity (Wildman–Crippen MR) is 93.1 cm³/mol. The van der Waals surface area contributed by atoms with Crippen LogP contribution >= 0.6 is 23.2 Å². The summed E-state index contributed by atoms with van der Waals surface area (Å²) in [6.07, 6.45) is 2.72. The number of halogens is 2. The van der Waals surface area contributed by atoms with E-state index in [2.05, 4.69) is 10.1 Å². The molecule has 0 spiro atoms. The van der Waals surface area contributed by atoms with Crippen LogP contribution in [0, 0.1) is 0 Å². The van der Waals surface area contributed by atoms with Crippen molar-refractivity contribution in [1.82, 2.24) is 9.78 Å². The molecule has 1 aromatic carbocycles. The molecule has 1 amide bonds. The lowest BCUT2D eigenvalue weighted by molar-refractivity contribution is -0.117. The first-order valence-electron chi connectivity index (χ1n) is 7.56. The van der Waals surface area contributed by atoms with Gasteiger partial charge in [0.15, 0.2) is 17.3 Å². The Balaban J connectivity index is 2.06. The zero-order valence-corrected chi connectivity index (χ0v) is 14.3. The number of nitrogens with two attached hydrogens (primary N) is 2. The van der Waals surface area contributed by atoms with Gasteiger partial charge in [-0.05, 0) is 37.0 Å². The normalized spacial score (nSPS) is 17.8. The lowest BCUT2D eigenvalue weighted by Gasteiger charge is -2.23. The molecular formula is C15H17Cl2N5O2. The van der Waals surface area contributed by atoms with E-state index in [1.54, 1.807) is 10.7 Å². The first-order chi connectivity index (χ1) is 11.5. The molecule has 128 valence electrons. The fraction of sp³-hybridized carbons (Fsp3) is 0.400. The van der Waals surface area contributed by atoms with Crippen molar-refractivity contribution in [2.45, 2.75) is 31.9 Å². The van der Waals surface area contributed by atoms with Gasteiger partial charge in [0.25, 0.3) is 5.91 Å². The molecule has 1 saturated heterocycles. The lowest BCUT2D eigenvalue weighted by atomic mass is 10.1. The van der Waals surface area contributed by atoms with E-state index in [0.717, 1.165) is 24.8 Å². The molecule has 3 rings (SSSR count). The second-order valence-electron chi connectivity index (χ2n) is 5.58. The summed E-state index contributed by atoms with van der Waals surface area (Å²) in [5.41, 5.74) is 11.8. The van der Waals surface area contributed by atoms with Crippen molar-refractivity contribution in [3.8, 4) is 0 Å². The maximum Gasteiger partial charge on any atom is 0.253 e. The van der Waals surface area contributed by atoms with Gasteiger partial charge in [-0.1, -0.05) is 23.2 Å². The summed E-state index contributed by atoms with van der Waals surface area (Å²) in [4.78, 5) is 15.5. The van der Waals surface area contributed by atoms with E-state index in [-0.39, 0.29) is 23.8 Å².